The van der Waals surface area contributed by atoms with Gasteiger partial charge in [0.25, 0.3) is 5.91 Å². The van der Waals surface area contributed by atoms with Gasteiger partial charge in [0, 0.05) is 24.3 Å². The summed E-state index contributed by atoms with van der Waals surface area (Å²) >= 11 is 1.42. The van der Waals surface area contributed by atoms with Crippen molar-refractivity contribution in [1.82, 2.24) is 9.88 Å². The van der Waals surface area contributed by atoms with Gasteiger partial charge in [-0.3, -0.25) is 14.9 Å². The van der Waals surface area contributed by atoms with Gasteiger partial charge in [0.2, 0.25) is 5.91 Å². The van der Waals surface area contributed by atoms with Gasteiger partial charge in [-0.25, -0.2) is 4.98 Å². The minimum absolute atomic E-state index is 0.152. The first-order chi connectivity index (χ1) is 13.2. The van der Waals surface area contributed by atoms with Gasteiger partial charge in [0.15, 0.2) is 10.9 Å². The van der Waals surface area contributed by atoms with Gasteiger partial charge in [0.05, 0.1) is 18.5 Å². The fourth-order valence-electron chi connectivity index (χ4n) is 3.08. The van der Waals surface area contributed by atoms with Crippen LogP contribution in [-0.2, 0) is 24.2 Å². The summed E-state index contributed by atoms with van der Waals surface area (Å²) in [6.45, 7) is 1.22. The van der Waals surface area contributed by atoms with Crippen molar-refractivity contribution < 1.29 is 14.0 Å². The Kier molecular flexibility index (Phi) is 5.02. The summed E-state index contributed by atoms with van der Waals surface area (Å²) in [5, 5.41) is 3.31. The van der Waals surface area contributed by atoms with Gasteiger partial charge < -0.3 is 9.32 Å². The van der Waals surface area contributed by atoms with Crippen LogP contribution >= 0.6 is 11.3 Å². The molecule has 1 aromatic carbocycles. The fourth-order valence-corrected chi connectivity index (χ4v) is 4.10. The highest BCUT2D eigenvalue weighted by Gasteiger charge is 2.24. The number of thiazole rings is 1. The van der Waals surface area contributed by atoms with Crippen LogP contribution in [-0.4, -0.2) is 28.2 Å². The molecule has 0 unspecified atom stereocenters. The molecule has 2 amide bonds. The van der Waals surface area contributed by atoms with Gasteiger partial charge in [-0.1, -0.05) is 41.7 Å². The zero-order valence-corrected chi connectivity index (χ0v) is 15.5. The average molecular weight is 381 g/mol. The number of anilines is 1. The maximum atomic E-state index is 12.5. The number of carbonyl (C=O) groups is 2. The highest BCUT2D eigenvalue weighted by Crippen LogP contribution is 2.29. The molecule has 0 bridgehead atoms. The molecular weight excluding hydrogens is 362 g/mol. The van der Waals surface area contributed by atoms with E-state index in [1.54, 1.807) is 12.1 Å². The Morgan fingerprint density at radius 1 is 1.19 bits per heavy atom. The lowest BCUT2D eigenvalue weighted by molar-refractivity contribution is -0.132. The van der Waals surface area contributed by atoms with E-state index < -0.39 is 0 Å². The fraction of sp³-hybridized carbons (Fsp3) is 0.250. The van der Waals surface area contributed by atoms with Gasteiger partial charge in [0.1, 0.15) is 0 Å². The Morgan fingerprint density at radius 2 is 2.04 bits per heavy atom. The van der Waals surface area contributed by atoms with E-state index in [0.29, 0.717) is 31.1 Å². The van der Waals surface area contributed by atoms with Crippen LogP contribution in [0.5, 0.6) is 0 Å². The first kappa shape index (κ1) is 17.5. The number of nitrogens with one attached hydrogen (secondary N) is 1. The summed E-state index contributed by atoms with van der Waals surface area (Å²) in [5.41, 5.74) is 2.13. The van der Waals surface area contributed by atoms with E-state index in [2.05, 4.69) is 10.3 Å². The Labute approximate surface area is 160 Å². The van der Waals surface area contributed by atoms with Gasteiger partial charge in [-0.2, -0.15) is 0 Å². The first-order valence-electron chi connectivity index (χ1n) is 8.84. The molecule has 138 valence electrons. The molecule has 6 nitrogen and oxygen atoms in total. The minimum atomic E-state index is -0.318. The molecule has 1 aliphatic rings. The van der Waals surface area contributed by atoms with Gasteiger partial charge in [-0.05, 0) is 24.1 Å². The van der Waals surface area contributed by atoms with Crippen LogP contribution < -0.4 is 5.32 Å². The third kappa shape index (κ3) is 4.09. The molecule has 0 saturated carbocycles. The number of hydrogen-bond acceptors (Lipinski definition) is 5. The van der Waals surface area contributed by atoms with Crippen molar-refractivity contribution in [2.75, 3.05) is 11.9 Å². The quantitative estimate of drug-likeness (QED) is 0.734. The second-order valence-electron chi connectivity index (χ2n) is 6.37. The van der Waals surface area contributed by atoms with Crippen LogP contribution in [0.4, 0.5) is 5.13 Å². The molecule has 3 aromatic rings. The van der Waals surface area contributed by atoms with E-state index in [1.807, 2.05) is 35.2 Å². The van der Waals surface area contributed by atoms with E-state index in [0.717, 1.165) is 17.0 Å². The minimum Gasteiger partial charge on any atom is -0.459 e. The average Bonchev–Trinajstić information content (AvgIpc) is 3.35. The third-order valence-electron chi connectivity index (χ3n) is 4.52. The summed E-state index contributed by atoms with van der Waals surface area (Å²) in [7, 11) is 0. The van der Waals surface area contributed by atoms with E-state index in [1.165, 1.54) is 23.2 Å². The second kappa shape index (κ2) is 7.75. The number of amides is 2. The normalized spacial score (nSPS) is 13.3. The van der Waals surface area contributed by atoms with Crippen molar-refractivity contribution in [2.24, 2.45) is 0 Å². The third-order valence-corrected chi connectivity index (χ3v) is 5.52. The Bertz CT molecular complexity index is 935. The maximum Gasteiger partial charge on any atom is 0.293 e. The summed E-state index contributed by atoms with van der Waals surface area (Å²) in [5.74, 6) is 0.0850. The van der Waals surface area contributed by atoms with Crippen molar-refractivity contribution in [3.63, 3.8) is 0 Å². The van der Waals surface area contributed by atoms with Crippen molar-refractivity contribution in [3.05, 3.63) is 70.6 Å². The predicted molar refractivity (Wildman–Crippen MR) is 103 cm³/mol. The number of nitrogens with zero attached hydrogens (tertiary/aromatic N) is 2. The number of aromatic nitrogens is 1. The Balaban J connectivity index is 1.36. The molecule has 1 N–H and O–H groups in total. The molecule has 0 radical (unpaired) electrons. The summed E-state index contributed by atoms with van der Waals surface area (Å²) in [4.78, 5) is 32.0. The van der Waals surface area contributed by atoms with Crippen molar-refractivity contribution in [1.29, 1.82) is 0 Å². The van der Waals surface area contributed by atoms with E-state index in [-0.39, 0.29) is 17.6 Å². The molecule has 0 aliphatic carbocycles. The summed E-state index contributed by atoms with van der Waals surface area (Å²) < 4.78 is 5.09. The highest BCUT2D eigenvalue weighted by atomic mass is 32.1. The van der Waals surface area contributed by atoms with E-state index in [9.17, 15) is 9.59 Å². The Hall–Kier alpha value is -2.93. The molecule has 0 saturated heterocycles. The highest BCUT2D eigenvalue weighted by molar-refractivity contribution is 7.15. The molecule has 27 heavy (non-hydrogen) atoms. The van der Waals surface area contributed by atoms with Gasteiger partial charge in [-0.15, -0.1) is 0 Å². The van der Waals surface area contributed by atoms with Crippen LogP contribution in [0.15, 0.2) is 53.1 Å². The zero-order valence-electron chi connectivity index (χ0n) is 14.7. The molecule has 7 heteroatoms. The first-order valence-corrected chi connectivity index (χ1v) is 9.66. The van der Waals surface area contributed by atoms with Crippen molar-refractivity contribution in [2.45, 2.75) is 25.8 Å². The van der Waals surface area contributed by atoms with E-state index in [4.69, 9.17) is 4.42 Å². The number of aryl methyl sites for hydroxylation is 1. The van der Waals surface area contributed by atoms with Crippen molar-refractivity contribution >= 4 is 28.3 Å². The van der Waals surface area contributed by atoms with Crippen LogP contribution in [0.1, 0.15) is 33.1 Å². The van der Waals surface area contributed by atoms with E-state index >= 15 is 0 Å². The summed E-state index contributed by atoms with van der Waals surface area (Å²) in [6, 6.07) is 13.3. The van der Waals surface area contributed by atoms with Gasteiger partial charge >= 0.3 is 0 Å². The standard InChI is InChI=1S/C20H19N3O3S/c24-18(9-8-14-5-2-1-3-6-14)23-11-10-15-17(13-23)27-20(21-15)22-19(25)16-7-4-12-26-16/h1-7,12H,8-11,13H2,(H,21,22,25). The lowest BCUT2D eigenvalue weighted by atomic mass is 10.1. The molecule has 2 aromatic heterocycles. The molecule has 0 atom stereocenters. The number of benzene rings is 1. The molecule has 4 rings (SSSR count). The lowest BCUT2D eigenvalue weighted by Crippen LogP contribution is -2.35. The smallest absolute Gasteiger partial charge is 0.293 e. The molecule has 0 fully saturated rings. The SMILES string of the molecule is O=C(Nc1nc2c(s1)CN(C(=O)CCc1ccccc1)CC2)c1ccco1. The number of fused-ring (bicyclic) bond motifs is 1. The molecule has 0 spiro atoms. The molecule has 1 aliphatic heterocycles. The number of rotatable bonds is 5. The van der Waals surface area contributed by atoms with Crippen LogP contribution in [0.3, 0.4) is 0 Å². The van der Waals surface area contributed by atoms with Crippen molar-refractivity contribution in [3.8, 4) is 0 Å². The van der Waals surface area contributed by atoms with Crippen LogP contribution in [0.2, 0.25) is 0 Å². The second-order valence-corrected chi connectivity index (χ2v) is 7.45. The monoisotopic (exact) mass is 381 g/mol. The molecule has 3 heterocycles. The topological polar surface area (TPSA) is 75.4 Å². The van der Waals surface area contributed by atoms with Crippen LogP contribution in [0.25, 0.3) is 0 Å². The number of carbonyl (C=O) groups excluding carboxylic acids is 2. The predicted octanol–water partition coefficient (Wildman–Crippen LogP) is 3.51. The zero-order chi connectivity index (χ0) is 18.6. The summed E-state index contributed by atoms with van der Waals surface area (Å²) in [6.07, 6.45) is 3.41. The maximum absolute atomic E-state index is 12.5. The largest absolute Gasteiger partial charge is 0.459 e. The molecular formula is C20H19N3O3S. The lowest BCUT2D eigenvalue weighted by Gasteiger charge is -2.26. The number of hydrogen-bond donors (Lipinski definition) is 1. The van der Waals surface area contributed by atoms with Crippen LogP contribution in [0, 0.1) is 0 Å². The Morgan fingerprint density at radius 3 is 2.81 bits per heavy atom. The number of furan rings is 1.